The Labute approximate surface area is 77.8 Å². The molecular formula is C11H12FN. The van der Waals surface area contributed by atoms with Crippen LogP contribution >= 0.6 is 0 Å². The third-order valence-electron chi connectivity index (χ3n) is 2.06. The number of aryl methyl sites for hydroxylation is 1. The van der Waals surface area contributed by atoms with Gasteiger partial charge in [0.2, 0.25) is 0 Å². The molecule has 0 saturated heterocycles. The minimum absolute atomic E-state index is 0.142. The first-order chi connectivity index (χ1) is 6.06. The monoisotopic (exact) mass is 177 g/mol. The Morgan fingerprint density at radius 3 is 2.46 bits per heavy atom. The van der Waals surface area contributed by atoms with Crippen LogP contribution < -0.4 is 0 Å². The van der Waals surface area contributed by atoms with Gasteiger partial charge in [-0.1, -0.05) is 19.9 Å². The van der Waals surface area contributed by atoms with Crippen LogP contribution in [-0.4, -0.2) is 0 Å². The minimum Gasteiger partial charge on any atom is -0.205 e. The van der Waals surface area contributed by atoms with E-state index >= 15 is 0 Å². The number of hydrogen-bond donors (Lipinski definition) is 0. The zero-order valence-electron chi connectivity index (χ0n) is 8.06. The summed E-state index contributed by atoms with van der Waals surface area (Å²) in [6.07, 6.45) is 0. The molecule has 0 spiro atoms. The Hall–Kier alpha value is -1.36. The van der Waals surface area contributed by atoms with Crippen molar-refractivity contribution >= 4 is 0 Å². The van der Waals surface area contributed by atoms with E-state index in [0.29, 0.717) is 11.5 Å². The molecule has 0 unspecified atom stereocenters. The largest absolute Gasteiger partial charge is 0.205 e. The Balaban J connectivity index is 3.32. The number of nitriles is 1. The maximum atomic E-state index is 13.2. The minimum atomic E-state index is -0.396. The molecule has 0 amide bonds. The van der Waals surface area contributed by atoms with Crippen molar-refractivity contribution in [2.24, 2.45) is 0 Å². The molecule has 1 aromatic carbocycles. The second kappa shape index (κ2) is 3.57. The summed E-state index contributed by atoms with van der Waals surface area (Å²) in [5, 5.41) is 8.66. The molecule has 1 nitrogen and oxygen atoms in total. The molecule has 13 heavy (non-hydrogen) atoms. The molecule has 68 valence electrons. The van der Waals surface area contributed by atoms with Crippen molar-refractivity contribution < 1.29 is 4.39 Å². The van der Waals surface area contributed by atoms with Gasteiger partial charge in [-0.15, -0.1) is 0 Å². The lowest BCUT2D eigenvalue weighted by Gasteiger charge is -2.07. The smallest absolute Gasteiger partial charge is 0.143 e. The van der Waals surface area contributed by atoms with Crippen LogP contribution in [0.1, 0.15) is 36.5 Å². The Morgan fingerprint density at radius 1 is 1.38 bits per heavy atom. The summed E-state index contributed by atoms with van der Waals surface area (Å²) in [6.45, 7) is 5.73. The number of hydrogen-bond acceptors (Lipinski definition) is 1. The van der Waals surface area contributed by atoms with E-state index < -0.39 is 5.82 Å². The van der Waals surface area contributed by atoms with Crippen LogP contribution in [0.25, 0.3) is 0 Å². The first-order valence-corrected chi connectivity index (χ1v) is 4.26. The third-order valence-corrected chi connectivity index (χ3v) is 2.06. The van der Waals surface area contributed by atoms with Crippen LogP contribution in [0, 0.1) is 24.1 Å². The number of nitrogens with zero attached hydrogens (tertiary/aromatic N) is 1. The highest BCUT2D eigenvalue weighted by atomic mass is 19.1. The van der Waals surface area contributed by atoms with Crippen molar-refractivity contribution in [1.29, 1.82) is 5.26 Å². The molecule has 0 radical (unpaired) electrons. The zero-order chi connectivity index (χ0) is 10.0. The quantitative estimate of drug-likeness (QED) is 0.646. The van der Waals surface area contributed by atoms with Crippen LogP contribution in [0.5, 0.6) is 0 Å². The fourth-order valence-corrected chi connectivity index (χ4v) is 1.21. The standard InChI is InChI=1S/C11H12FN/c1-7(2)9-4-8(3)11(12)10(5-9)6-13/h4-5,7H,1-3H3. The second-order valence-corrected chi connectivity index (χ2v) is 3.47. The van der Waals surface area contributed by atoms with Gasteiger partial charge in [0.25, 0.3) is 0 Å². The molecule has 0 N–H and O–H groups in total. The number of benzene rings is 1. The van der Waals surface area contributed by atoms with Gasteiger partial charge in [0, 0.05) is 0 Å². The first-order valence-electron chi connectivity index (χ1n) is 4.26. The van der Waals surface area contributed by atoms with Crippen molar-refractivity contribution in [3.63, 3.8) is 0 Å². The van der Waals surface area contributed by atoms with Crippen molar-refractivity contribution in [2.45, 2.75) is 26.7 Å². The highest BCUT2D eigenvalue weighted by Gasteiger charge is 2.08. The van der Waals surface area contributed by atoms with Crippen molar-refractivity contribution in [2.75, 3.05) is 0 Å². The molecule has 0 heterocycles. The normalized spacial score (nSPS) is 10.2. The van der Waals surface area contributed by atoms with Gasteiger partial charge in [0.05, 0.1) is 5.56 Å². The van der Waals surface area contributed by atoms with Gasteiger partial charge in [-0.05, 0) is 30.0 Å². The van der Waals surface area contributed by atoms with Gasteiger partial charge in [0.15, 0.2) is 0 Å². The molecule has 0 aliphatic carbocycles. The lowest BCUT2D eigenvalue weighted by molar-refractivity contribution is 0.612. The molecule has 2 heteroatoms. The van der Waals surface area contributed by atoms with Gasteiger partial charge in [0.1, 0.15) is 11.9 Å². The Morgan fingerprint density at radius 2 is 2.00 bits per heavy atom. The van der Waals surface area contributed by atoms with Crippen LogP contribution in [0.4, 0.5) is 4.39 Å². The Kier molecular flexibility index (Phi) is 2.67. The van der Waals surface area contributed by atoms with E-state index in [1.165, 1.54) is 0 Å². The molecule has 0 saturated carbocycles. The van der Waals surface area contributed by atoms with Crippen molar-refractivity contribution in [3.8, 4) is 6.07 Å². The molecule has 0 aliphatic heterocycles. The lowest BCUT2D eigenvalue weighted by atomic mass is 9.98. The molecular weight excluding hydrogens is 165 g/mol. The SMILES string of the molecule is Cc1cc(C(C)C)cc(C#N)c1F. The predicted octanol–water partition coefficient (Wildman–Crippen LogP) is 3.13. The molecule has 0 aliphatic rings. The van der Waals surface area contributed by atoms with Crippen LogP contribution in [0.3, 0.4) is 0 Å². The molecule has 1 aromatic rings. The van der Waals surface area contributed by atoms with Gasteiger partial charge >= 0.3 is 0 Å². The maximum Gasteiger partial charge on any atom is 0.143 e. The van der Waals surface area contributed by atoms with Crippen LogP contribution in [-0.2, 0) is 0 Å². The summed E-state index contributed by atoms with van der Waals surface area (Å²) in [6, 6.07) is 5.27. The summed E-state index contributed by atoms with van der Waals surface area (Å²) < 4.78 is 13.2. The number of halogens is 1. The van der Waals surface area contributed by atoms with E-state index in [2.05, 4.69) is 0 Å². The molecule has 0 fully saturated rings. The van der Waals surface area contributed by atoms with E-state index in [-0.39, 0.29) is 5.56 Å². The summed E-state index contributed by atoms with van der Waals surface area (Å²) in [5.41, 5.74) is 1.70. The first kappa shape index (κ1) is 9.73. The summed E-state index contributed by atoms with van der Waals surface area (Å²) >= 11 is 0. The maximum absolute atomic E-state index is 13.2. The molecule has 0 bridgehead atoms. The molecule has 0 atom stereocenters. The van der Waals surface area contributed by atoms with E-state index in [9.17, 15) is 4.39 Å². The topological polar surface area (TPSA) is 23.8 Å². The average Bonchev–Trinajstić information content (AvgIpc) is 2.09. The molecule has 1 rings (SSSR count). The van der Waals surface area contributed by atoms with E-state index in [1.807, 2.05) is 19.9 Å². The van der Waals surface area contributed by atoms with Gasteiger partial charge < -0.3 is 0 Å². The molecule has 0 aromatic heterocycles. The highest BCUT2D eigenvalue weighted by molar-refractivity contribution is 5.39. The predicted molar refractivity (Wildman–Crippen MR) is 49.9 cm³/mol. The highest BCUT2D eigenvalue weighted by Crippen LogP contribution is 2.20. The van der Waals surface area contributed by atoms with Crippen molar-refractivity contribution in [1.82, 2.24) is 0 Å². The van der Waals surface area contributed by atoms with Crippen LogP contribution in [0.2, 0.25) is 0 Å². The third kappa shape index (κ3) is 1.86. The average molecular weight is 177 g/mol. The fraction of sp³-hybridized carbons (Fsp3) is 0.364. The number of rotatable bonds is 1. The van der Waals surface area contributed by atoms with Crippen molar-refractivity contribution in [3.05, 3.63) is 34.6 Å². The van der Waals surface area contributed by atoms with E-state index in [4.69, 9.17) is 5.26 Å². The van der Waals surface area contributed by atoms with Crippen LogP contribution in [0.15, 0.2) is 12.1 Å². The van der Waals surface area contributed by atoms with Gasteiger partial charge in [-0.2, -0.15) is 5.26 Å². The summed E-state index contributed by atoms with van der Waals surface area (Å²) in [5.74, 6) is -0.0710. The second-order valence-electron chi connectivity index (χ2n) is 3.47. The van der Waals surface area contributed by atoms with E-state index in [1.54, 1.807) is 19.1 Å². The fourth-order valence-electron chi connectivity index (χ4n) is 1.21. The van der Waals surface area contributed by atoms with E-state index in [0.717, 1.165) is 5.56 Å². The zero-order valence-corrected chi connectivity index (χ0v) is 8.06. The summed E-state index contributed by atoms with van der Waals surface area (Å²) in [7, 11) is 0. The lowest BCUT2D eigenvalue weighted by Crippen LogP contribution is -1.95. The van der Waals surface area contributed by atoms with Gasteiger partial charge in [-0.25, -0.2) is 4.39 Å². The summed E-state index contributed by atoms with van der Waals surface area (Å²) in [4.78, 5) is 0. The van der Waals surface area contributed by atoms with Gasteiger partial charge in [-0.3, -0.25) is 0 Å². The Bertz CT molecular complexity index is 361.